The van der Waals surface area contributed by atoms with Crippen LogP contribution in [0.5, 0.6) is 0 Å². The highest BCUT2D eigenvalue weighted by Crippen LogP contribution is 2.28. The van der Waals surface area contributed by atoms with Crippen molar-refractivity contribution >= 4 is 38.1 Å². The van der Waals surface area contributed by atoms with Gasteiger partial charge in [0.1, 0.15) is 0 Å². The minimum Gasteiger partial charge on any atom is -0.359 e. The van der Waals surface area contributed by atoms with Gasteiger partial charge in [-0.25, -0.2) is 0 Å². The van der Waals surface area contributed by atoms with Gasteiger partial charge in [-0.05, 0) is 28.1 Å². The van der Waals surface area contributed by atoms with Crippen LogP contribution in [0.2, 0.25) is 0 Å². The molecule has 5 heteroatoms. The SMILES string of the molecule is CN(CC(=O)CC#N)c1ccc(Br)s1. The van der Waals surface area contributed by atoms with E-state index in [2.05, 4.69) is 15.9 Å². The van der Waals surface area contributed by atoms with Crippen LogP contribution in [0, 0.1) is 11.3 Å². The van der Waals surface area contributed by atoms with Crippen molar-refractivity contribution < 1.29 is 4.79 Å². The molecule has 0 aliphatic carbocycles. The fraction of sp³-hybridized carbons (Fsp3) is 0.333. The number of Topliss-reactive ketones (excluding diaryl/α,β-unsaturated/α-hetero) is 1. The molecule has 0 saturated heterocycles. The Bertz CT molecular complexity index is 369. The zero-order valence-corrected chi connectivity index (χ0v) is 10.1. The summed E-state index contributed by atoms with van der Waals surface area (Å²) in [6, 6.07) is 5.72. The van der Waals surface area contributed by atoms with Crippen molar-refractivity contribution in [2.45, 2.75) is 6.42 Å². The van der Waals surface area contributed by atoms with Gasteiger partial charge in [0.2, 0.25) is 0 Å². The normalized spacial score (nSPS) is 9.50. The number of likely N-dealkylation sites (N-methyl/N-ethyl adjacent to an activating group) is 1. The van der Waals surface area contributed by atoms with Gasteiger partial charge in [-0.15, -0.1) is 11.3 Å². The third-order valence-corrected chi connectivity index (χ3v) is 3.36. The number of nitrogens with zero attached hydrogens (tertiary/aromatic N) is 2. The van der Waals surface area contributed by atoms with Crippen LogP contribution in [0.15, 0.2) is 15.9 Å². The smallest absolute Gasteiger partial charge is 0.166 e. The summed E-state index contributed by atoms with van der Waals surface area (Å²) in [5.41, 5.74) is 0. The minimum absolute atomic E-state index is 0.0170. The number of halogens is 1. The van der Waals surface area contributed by atoms with E-state index in [1.165, 1.54) is 0 Å². The summed E-state index contributed by atoms with van der Waals surface area (Å²) < 4.78 is 1.03. The summed E-state index contributed by atoms with van der Waals surface area (Å²) in [4.78, 5) is 13.0. The van der Waals surface area contributed by atoms with Crippen LogP contribution >= 0.6 is 27.3 Å². The highest BCUT2D eigenvalue weighted by Gasteiger charge is 2.08. The fourth-order valence-electron chi connectivity index (χ4n) is 0.996. The molecular formula is C9H9BrN2OS. The number of thiophene rings is 1. The molecule has 0 atom stereocenters. The van der Waals surface area contributed by atoms with Gasteiger partial charge in [0, 0.05) is 7.05 Å². The first-order valence-corrected chi connectivity index (χ1v) is 5.59. The molecule has 0 radical (unpaired) electrons. The van der Waals surface area contributed by atoms with Gasteiger partial charge < -0.3 is 4.90 Å². The molecule has 1 heterocycles. The second-order valence-corrected chi connectivity index (χ2v) is 5.25. The van der Waals surface area contributed by atoms with Crippen molar-refractivity contribution in [3.63, 3.8) is 0 Å². The molecule has 0 bridgehead atoms. The van der Waals surface area contributed by atoms with Crippen molar-refractivity contribution in [3.05, 3.63) is 15.9 Å². The van der Waals surface area contributed by atoms with E-state index in [4.69, 9.17) is 5.26 Å². The Hall–Kier alpha value is -0.860. The Labute approximate surface area is 95.1 Å². The molecule has 0 saturated carbocycles. The lowest BCUT2D eigenvalue weighted by molar-refractivity contribution is -0.116. The molecule has 0 aliphatic rings. The highest BCUT2D eigenvalue weighted by atomic mass is 79.9. The molecule has 0 unspecified atom stereocenters. The number of nitriles is 1. The van der Waals surface area contributed by atoms with Gasteiger partial charge in [0.25, 0.3) is 0 Å². The van der Waals surface area contributed by atoms with E-state index in [0.717, 1.165) is 8.79 Å². The second kappa shape index (κ2) is 5.13. The zero-order valence-electron chi connectivity index (χ0n) is 7.66. The van der Waals surface area contributed by atoms with Crippen LogP contribution in [-0.2, 0) is 4.79 Å². The number of carbonyl (C=O) groups is 1. The topological polar surface area (TPSA) is 44.1 Å². The lowest BCUT2D eigenvalue weighted by atomic mass is 10.3. The Morgan fingerprint density at radius 2 is 2.43 bits per heavy atom. The molecule has 0 amide bonds. The molecule has 3 nitrogen and oxygen atoms in total. The predicted octanol–water partition coefficient (Wildman–Crippen LogP) is 2.43. The first-order chi connectivity index (χ1) is 6.63. The first kappa shape index (κ1) is 11.2. The van der Waals surface area contributed by atoms with Crippen LogP contribution in [0.4, 0.5) is 5.00 Å². The van der Waals surface area contributed by atoms with Gasteiger partial charge in [-0.2, -0.15) is 5.26 Å². The van der Waals surface area contributed by atoms with Crippen molar-refractivity contribution in [3.8, 4) is 6.07 Å². The number of rotatable bonds is 4. The fourth-order valence-corrected chi connectivity index (χ4v) is 2.32. The third-order valence-electron chi connectivity index (χ3n) is 1.62. The summed E-state index contributed by atoms with van der Waals surface area (Å²) in [5.74, 6) is -0.0560. The van der Waals surface area contributed by atoms with E-state index >= 15 is 0 Å². The van der Waals surface area contributed by atoms with Crippen LogP contribution in [-0.4, -0.2) is 19.4 Å². The molecule has 0 spiro atoms. The third kappa shape index (κ3) is 3.13. The predicted molar refractivity (Wildman–Crippen MR) is 60.5 cm³/mol. The van der Waals surface area contributed by atoms with E-state index < -0.39 is 0 Å². The maximum Gasteiger partial charge on any atom is 0.166 e. The van der Waals surface area contributed by atoms with E-state index in [0.29, 0.717) is 6.54 Å². The van der Waals surface area contributed by atoms with Crippen LogP contribution in [0.1, 0.15) is 6.42 Å². The molecule has 1 rings (SSSR count). The largest absolute Gasteiger partial charge is 0.359 e. The van der Waals surface area contributed by atoms with Gasteiger partial charge in [0.05, 0.1) is 27.8 Å². The lowest BCUT2D eigenvalue weighted by Gasteiger charge is -2.14. The van der Waals surface area contributed by atoms with Gasteiger partial charge >= 0.3 is 0 Å². The molecule has 14 heavy (non-hydrogen) atoms. The average Bonchev–Trinajstić information content (AvgIpc) is 2.52. The molecule has 0 N–H and O–H groups in total. The summed E-state index contributed by atoms with van der Waals surface area (Å²) in [7, 11) is 1.84. The van der Waals surface area contributed by atoms with E-state index in [-0.39, 0.29) is 12.2 Å². The Kier molecular flexibility index (Phi) is 4.11. The summed E-state index contributed by atoms with van der Waals surface area (Å²) >= 11 is 4.92. The second-order valence-electron chi connectivity index (χ2n) is 2.81. The number of ketones is 1. The van der Waals surface area contributed by atoms with Crippen LogP contribution < -0.4 is 4.90 Å². The van der Waals surface area contributed by atoms with Crippen molar-refractivity contribution in [1.29, 1.82) is 5.26 Å². The maximum absolute atomic E-state index is 11.2. The van der Waals surface area contributed by atoms with Crippen molar-refractivity contribution in [2.24, 2.45) is 0 Å². The molecule has 1 aromatic heterocycles. The monoisotopic (exact) mass is 272 g/mol. The average molecular weight is 273 g/mol. The number of hydrogen-bond donors (Lipinski definition) is 0. The highest BCUT2D eigenvalue weighted by molar-refractivity contribution is 9.11. The Morgan fingerprint density at radius 1 is 1.71 bits per heavy atom. The first-order valence-electron chi connectivity index (χ1n) is 3.98. The minimum atomic E-state index is -0.0560. The van der Waals surface area contributed by atoms with E-state index in [9.17, 15) is 4.79 Å². The summed E-state index contributed by atoms with van der Waals surface area (Å²) in [6.45, 7) is 0.292. The number of hydrogen-bond acceptors (Lipinski definition) is 4. The van der Waals surface area contributed by atoms with Crippen molar-refractivity contribution in [2.75, 3.05) is 18.5 Å². The lowest BCUT2D eigenvalue weighted by Crippen LogP contribution is -2.24. The zero-order chi connectivity index (χ0) is 10.6. The van der Waals surface area contributed by atoms with E-state index in [1.807, 2.05) is 30.1 Å². The molecule has 0 aromatic carbocycles. The van der Waals surface area contributed by atoms with E-state index in [1.54, 1.807) is 11.3 Å². The van der Waals surface area contributed by atoms with Crippen LogP contribution in [0.3, 0.4) is 0 Å². The molecule has 74 valence electrons. The molecular weight excluding hydrogens is 264 g/mol. The van der Waals surface area contributed by atoms with Crippen LogP contribution in [0.25, 0.3) is 0 Å². The molecule has 0 fully saturated rings. The Morgan fingerprint density at radius 3 is 2.93 bits per heavy atom. The molecule has 0 aliphatic heterocycles. The van der Waals surface area contributed by atoms with Crippen molar-refractivity contribution in [1.82, 2.24) is 0 Å². The quantitative estimate of drug-likeness (QED) is 0.846. The van der Waals surface area contributed by atoms with Gasteiger partial charge in [0.15, 0.2) is 5.78 Å². The summed E-state index contributed by atoms with van der Waals surface area (Å²) in [5, 5.41) is 9.35. The number of carbonyl (C=O) groups excluding carboxylic acids is 1. The summed E-state index contributed by atoms with van der Waals surface area (Å²) in [6.07, 6.45) is -0.0170. The number of anilines is 1. The standard InChI is InChI=1S/C9H9BrN2OS/c1-12(6-7(13)4-5-11)9-3-2-8(10)14-9/h2-3H,4,6H2,1H3. The van der Waals surface area contributed by atoms with Gasteiger partial charge in [-0.1, -0.05) is 0 Å². The molecule has 1 aromatic rings. The van der Waals surface area contributed by atoms with Gasteiger partial charge in [-0.3, -0.25) is 4.79 Å². The Balaban J connectivity index is 2.55. The maximum atomic E-state index is 11.2.